The summed E-state index contributed by atoms with van der Waals surface area (Å²) in [5.41, 5.74) is 8.32. The van der Waals surface area contributed by atoms with Crippen LogP contribution in [-0.4, -0.2) is 15.2 Å². The normalized spacial score (nSPS) is 10.2. The Kier molecular flexibility index (Phi) is 2.06. The lowest BCUT2D eigenvalue weighted by Crippen LogP contribution is -1.98. The van der Waals surface area contributed by atoms with E-state index in [1.807, 2.05) is 18.2 Å². The fraction of sp³-hybridized carbons (Fsp3) is 0.111. The molecule has 13 heavy (non-hydrogen) atoms. The number of nitrogens with one attached hydrogen (secondary N) is 1. The van der Waals surface area contributed by atoms with Crippen molar-refractivity contribution < 1.29 is 0 Å². The lowest BCUT2D eigenvalue weighted by atomic mass is 10.1. The summed E-state index contributed by atoms with van der Waals surface area (Å²) < 4.78 is 0. The van der Waals surface area contributed by atoms with Gasteiger partial charge >= 0.3 is 0 Å². The van der Waals surface area contributed by atoms with E-state index in [0.717, 1.165) is 17.0 Å². The van der Waals surface area contributed by atoms with Gasteiger partial charge in [-0.3, -0.25) is 10.1 Å². The standard InChI is InChI=1S/C9H10N4/c10-5-9-7(6-12-13-9)8-3-1-2-4-11-8/h1-4,6H,5,10H2,(H,12,13). The predicted molar refractivity (Wildman–Crippen MR) is 49.7 cm³/mol. The molecule has 0 aliphatic carbocycles. The molecular formula is C9H10N4. The molecule has 0 radical (unpaired) electrons. The zero-order valence-corrected chi connectivity index (χ0v) is 7.07. The first-order chi connectivity index (χ1) is 6.42. The fourth-order valence-corrected chi connectivity index (χ4v) is 1.21. The molecular weight excluding hydrogens is 164 g/mol. The number of hydrogen-bond acceptors (Lipinski definition) is 3. The number of aromatic nitrogens is 3. The summed E-state index contributed by atoms with van der Waals surface area (Å²) in [4.78, 5) is 4.21. The molecule has 3 N–H and O–H groups in total. The third-order valence-electron chi connectivity index (χ3n) is 1.86. The van der Waals surface area contributed by atoms with Crippen molar-refractivity contribution in [2.45, 2.75) is 6.54 Å². The summed E-state index contributed by atoms with van der Waals surface area (Å²) in [6.07, 6.45) is 3.49. The second kappa shape index (κ2) is 3.37. The van der Waals surface area contributed by atoms with E-state index in [-0.39, 0.29) is 0 Å². The van der Waals surface area contributed by atoms with Crippen LogP contribution in [0.5, 0.6) is 0 Å². The van der Waals surface area contributed by atoms with Crippen molar-refractivity contribution >= 4 is 0 Å². The molecule has 0 aromatic carbocycles. The number of aromatic amines is 1. The number of nitrogens with zero attached hydrogens (tertiary/aromatic N) is 2. The highest BCUT2D eigenvalue weighted by Crippen LogP contribution is 2.18. The summed E-state index contributed by atoms with van der Waals surface area (Å²) in [6.45, 7) is 0.450. The highest BCUT2D eigenvalue weighted by atomic mass is 15.1. The van der Waals surface area contributed by atoms with Crippen LogP contribution in [0.15, 0.2) is 30.6 Å². The third-order valence-corrected chi connectivity index (χ3v) is 1.86. The Labute approximate surface area is 75.8 Å². The lowest BCUT2D eigenvalue weighted by molar-refractivity contribution is 0.947. The van der Waals surface area contributed by atoms with E-state index in [1.165, 1.54) is 0 Å². The molecule has 2 heterocycles. The fourth-order valence-electron chi connectivity index (χ4n) is 1.21. The average molecular weight is 174 g/mol. The molecule has 0 saturated heterocycles. The van der Waals surface area contributed by atoms with Crippen LogP contribution in [0.3, 0.4) is 0 Å². The first-order valence-electron chi connectivity index (χ1n) is 4.05. The van der Waals surface area contributed by atoms with E-state index >= 15 is 0 Å². The molecule has 0 unspecified atom stereocenters. The maximum absolute atomic E-state index is 5.53. The minimum absolute atomic E-state index is 0.450. The van der Waals surface area contributed by atoms with Crippen LogP contribution in [0.25, 0.3) is 11.3 Å². The summed E-state index contributed by atoms with van der Waals surface area (Å²) >= 11 is 0. The smallest absolute Gasteiger partial charge is 0.0736 e. The van der Waals surface area contributed by atoms with Gasteiger partial charge in [-0.05, 0) is 12.1 Å². The number of nitrogens with two attached hydrogens (primary N) is 1. The van der Waals surface area contributed by atoms with Gasteiger partial charge in [0.15, 0.2) is 0 Å². The van der Waals surface area contributed by atoms with Crippen molar-refractivity contribution in [2.24, 2.45) is 5.73 Å². The van der Waals surface area contributed by atoms with Crippen molar-refractivity contribution in [3.63, 3.8) is 0 Å². The summed E-state index contributed by atoms with van der Waals surface area (Å²) in [5.74, 6) is 0. The van der Waals surface area contributed by atoms with Crippen LogP contribution < -0.4 is 5.73 Å². The first-order valence-corrected chi connectivity index (χ1v) is 4.05. The maximum Gasteiger partial charge on any atom is 0.0736 e. The van der Waals surface area contributed by atoms with Gasteiger partial charge in [-0.2, -0.15) is 5.10 Å². The van der Waals surface area contributed by atoms with Crippen LogP contribution in [0.1, 0.15) is 5.69 Å². The van der Waals surface area contributed by atoms with E-state index in [0.29, 0.717) is 6.54 Å². The topological polar surface area (TPSA) is 67.6 Å². The molecule has 0 aliphatic heterocycles. The molecule has 66 valence electrons. The monoisotopic (exact) mass is 174 g/mol. The van der Waals surface area contributed by atoms with Crippen LogP contribution >= 0.6 is 0 Å². The molecule has 0 spiro atoms. The molecule has 2 aromatic rings. The SMILES string of the molecule is NCc1[nH]ncc1-c1ccccn1. The quantitative estimate of drug-likeness (QED) is 0.711. The largest absolute Gasteiger partial charge is 0.325 e. The Morgan fingerprint density at radius 1 is 1.38 bits per heavy atom. The Morgan fingerprint density at radius 2 is 2.31 bits per heavy atom. The zero-order chi connectivity index (χ0) is 9.10. The Hall–Kier alpha value is -1.68. The van der Waals surface area contributed by atoms with Gasteiger partial charge in [-0.25, -0.2) is 0 Å². The van der Waals surface area contributed by atoms with E-state index in [9.17, 15) is 0 Å². The van der Waals surface area contributed by atoms with E-state index in [2.05, 4.69) is 15.2 Å². The van der Waals surface area contributed by atoms with Crippen LogP contribution in [-0.2, 0) is 6.54 Å². The maximum atomic E-state index is 5.53. The third kappa shape index (κ3) is 1.43. The Morgan fingerprint density at radius 3 is 3.00 bits per heavy atom. The van der Waals surface area contributed by atoms with Gasteiger partial charge in [-0.15, -0.1) is 0 Å². The highest BCUT2D eigenvalue weighted by Gasteiger charge is 2.05. The number of rotatable bonds is 2. The summed E-state index contributed by atoms with van der Waals surface area (Å²) in [7, 11) is 0. The van der Waals surface area contributed by atoms with Crippen molar-refractivity contribution in [1.29, 1.82) is 0 Å². The van der Waals surface area contributed by atoms with E-state index < -0.39 is 0 Å². The van der Waals surface area contributed by atoms with Crippen molar-refractivity contribution in [2.75, 3.05) is 0 Å². The summed E-state index contributed by atoms with van der Waals surface area (Å²) in [6, 6.07) is 5.76. The van der Waals surface area contributed by atoms with E-state index in [4.69, 9.17) is 5.73 Å². The Bertz CT molecular complexity index is 380. The minimum atomic E-state index is 0.450. The summed E-state index contributed by atoms with van der Waals surface area (Å²) in [5, 5.41) is 6.76. The molecule has 0 atom stereocenters. The highest BCUT2D eigenvalue weighted by molar-refractivity contribution is 5.60. The van der Waals surface area contributed by atoms with Gasteiger partial charge in [0.1, 0.15) is 0 Å². The van der Waals surface area contributed by atoms with Gasteiger partial charge in [0, 0.05) is 18.3 Å². The average Bonchev–Trinajstić information content (AvgIpc) is 2.67. The van der Waals surface area contributed by atoms with Gasteiger partial charge in [0.2, 0.25) is 0 Å². The molecule has 0 amide bonds. The zero-order valence-electron chi connectivity index (χ0n) is 7.07. The van der Waals surface area contributed by atoms with Crippen LogP contribution in [0, 0.1) is 0 Å². The minimum Gasteiger partial charge on any atom is -0.325 e. The van der Waals surface area contributed by atoms with Gasteiger partial charge in [0.25, 0.3) is 0 Å². The molecule has 2 aromatic heterocycles. The van der Waals surface area contributed by atoms with Crippen molar-refractivity contribution in [1.82, 2.24) is 15.2 Å². The van der Waals surface area contributed by atoms with E-state index in [1.54, 1.807) is 12.4 Å². The Balaban J connectivity index is 2.47. The van der Waals surface area contributed by atoms with Crippen molar-refractivity contribution in [3.05, 3.63) is 36.3 Å². The molecule has 2 rings (SSSR count). The van der Waals surface area contributed by atoms with Gasteiger partial charge < -0.3 is 5.73 Å². The van der Waals surface area contributed by atoms with Gasteiger partial charge in [-0.1, -0.05) is 6.07 Å². The molecule has 4 nitrogen and oxygen atoms in total. The molecule has 0 fully saturated rings. The predicted octanol–water partition coefficient (Wildman–Crippen LogP) is 0.930. The molecule has 4 heteroatoms. The number of H-pyrrole nitrogens is 1. The van der Waals surface area contributed by atoms with Gasteiger partial charge in [0.05, 0.1) is 17.6 Å². The van der Waals surface area contributed by atoms with Crippen LogP contribution in [0.4, 0.5) is 0 Å². The molecule has 0 aliphatic rings. The van der Waals surface area contributed by atoms with Crippen LogP contribution in [0.2, 0.25) is 0 Å². The van der Waals surface area contributed by atoms with Crippen molar-refractivity contribution in [3.8, 4) is 11.3 Å². The molecule has 0 saturated carbocycles. The number of hydrogen-bond donors (Lipinski definition) is 2. The number of pyridine rings is 1. The second-order valence-electron chi connectivity index (χ2n) is 2.68. The molecule has 0 bridgehead atoms. The lowest BCUT2D eigenvalue weighted by Gasteiger charge is -1.98. The first kappa shape index (κ1) is 7.94. The second-order valence-corrected chi connectivity index (χ2v) is 2.68.